The molecule has 0 heterocycles. The topological polar surface area (TPSA) is 29.3 Å². The van der Waals surface area contributed by atoms with Gasteiger partial charge in [-0.05, 0) is 64.5 Å². The molecule has 2 N–H and O–H groups in total. The lowest BCUT2D eigenvalue weighted by molar-refractivity contribution is 0.157. The van der Waals surface area contributed by atoms with Gasteiger partial charge in [-0.3, -0.25) is 0 Å². The van der Waals surface area contributed by atoms with Crippen LogP contribution in [-0.2, 0) is 0 Å². The van der Waals surface area contributed by atoms with Crippen molar-refractivity contribution in [3.05, 3.63) is 0 Å². The van der Waals surface area contributed by atoms with Gasteiger partial charge < -0.3 is 10.6 Å². The van der Waals surface area contributed by atoms with Gasteiger partial charge in [0.25, 0.3) is 0 Å². The number of hydrogen-bond donors (Lipinski definition) is 1. The van der Waals surface area contributed by atoms with Crippen LogP contribution in [0.5, 0.6) is 0 Å². The molecule has 2 saturated carbocycles. The molecule has 0 aliphatic heterocycles. The summed E-state index contributed by atoms with van der Waals surface area (Å²) in [5.41, 5.74) is 6.61. The van der Waals surface area contributed by atoms with Crippen LogP contribution in [0.25, 0.3) is 0 Å². The van der Waals surface area contributed by atoms with Crippen molar-refractivity contribution in [1.29, 1.82) is 0 Å². The second kappa shape index (κ2) is 5.71. The molecule has 100 valence electrons. The van der Waals surface area contributed by atoms with E-state index in [1.807, 2.05) is 0 Å². The van der Waals surface area contributed by atoms with Crippen LogP contribution in [0.2, 0.25) is 0 Å². The lowest BCUT2D eigenvalue weighted by Gasteiger charge is -2.35. The number of nitrogens with zero attached hydrogens (tertiary/aromatic N) is 1. The highest BCUT2D eigenvalue weighted by Crippen LogP contribution is 2.31. The Morgan fingerprint density at radius 1 is 1.12 bits per heavy atom. The van der Waals surface area contributed by atoms with Crippen molar-refractivity contribution < 1.29 is 0 Å². The van der Waals surface area contributed by atoms with Gasteiger partial charge in [0.1, 0.15) is 0 Å². The van der Waals surface area contributed by atoms with E-state index in [1.165, 1.54) is 64.3 Å². The molecule has 0 unspecified atom stereocenters. The van der Waals surface area contributed by atoms with Crippen molar-refractivity contribution in [2.45, 2.75) is 76.3 Å². The molecule has 2 aliphatic carbocycles. The van der Waals surface area contributed by atoms with Crippen molar-refractivity contribution in [2.75, 3.05) is 13.6 Å². The summed E-state index contributed by atoms with van der Waals surface area (Å²) in [5, 5.41) is 0. The van der Waals surface area contributed by atoms with Crippen LogP contribution in [-0.4, -0.2) is 30.1 Å². The van der Waals surface area contributed by atoms with E-state index in [4.69, 9.17) is 5.73 Å². The van der Waals surface area contributed by atoms with Crippen LogP contribution in [0.4, 0.5) is 0 Å². The highest BCUT2D eigenvalue weighted by Gasteiger charge is 2.30. The highest BCUT2D eigenvalue weighted by atomic mass is 15.1. The number of hydrogen-bond acceptors (Lipinski definition) is 2. The fourth-order valence-electron chi connectivity index (χ4n) is 3.59. The van der Waals surface area contributed by atoms with Crippen LogP contribution >= 0.6 is 0 Å². The zero-order valence-electron chi connectivity index (χ0n) is 11.8. The average molecular weight is 238 g/mol. The summed E-state index contributed by atoms with van der Waals surface area (Å²) in [6.45, 7) is 3.60. The second-order valence-electron chi connectivity index (χ2n) is 6.71. The molecule has 2 aliphatic rings. The van der Waals surface area contributed by atoms with Gasteiger partial charge in [-0.15, -0.1) is 0 Å². The van der Waals surface area contributed by atoms with Crippen molar-refractivity contribution in [3.63, 3.8) is 0 Å². The Kier molecular flexibility index (Phi) is 4.48. The maximum Gasteiger partial charge on any atom is 0.0166 e. The molecule has 2 rings (SSSR count). The Morgan fingerprint density at radius 2 is 1.71 bits per heavy atom. The minimum atomic E-state index is 0.177. The molecule has 17 heavy (non-hydrogen) atoms. The van der Waals surface area contributed by atoms with E-state index >= 15 is 0 Å². The van der Waals surface area contributed by atoms with E-state index < -0.39 is 0 Å². The Morgan fingerprint density at radius 3 is 2.29 bits per heavy atom. The zero-order chi connectivity index (χ0) is 12.3. The van der Waals surface area contributed by atoms with E-state index in [0.29, 0.717) is 0 Å². The third-order valence-corrected chi connectivity index (χ3v) is 5.17. The minimum absolute atomic E-state index is 0.177. The van der Waals surface area contributed by atoms with E-state index in [1.54, 1.807) is 0 Å². The molecule has 2 nitrogen and oxygen atoms in total. The molecule has 0 aromatic carbocycles. The molecule has 0 saturated heterocycles. The fraction of sp³-hybridized carbons (Fsp3) is 1.00. The van der Waals surface area contributed by atoms with E-state index in [0.717, 1.165) is 12.0 Å². The summed E-state index contributed by atoms with van der Waals surface area (Å²) in [6.07, 6.45) is 12.0. The Labute approximate surface area is 107 Å². The van der Waals surface area contributed by atoms with E-state index in [9.17, 15) is 0 Å². The summed E-state index contributed by atoms with van der Waals surface area (Å²) >= 11 is 0. The molecular formula is C15H30N2. The number of nitrogens with two attached hydrogens (primary N) is 1. The quantitative estimate of drug-likeness (QED) is 0.815. The Balaban J connectivity index is 1.71. The molecule has 2 fully saturated rings. The van der Waals surface area contributed by atoms with Gasteiger partial charge in [0.2, 0.25) is 0 Å². The van der Waals surface area contributed by atoms with Gasteiger partial charge in [0.05, 0.1) is 0 Å². The zero-order valence-corrected chi connectivity index (χ0v) is 11.8. The maximum absolute atomic E-state index is 6.43. The molecule has 0 aromatic heterocycles. The van der Waals surface area contributed by atoms with Crippen molar-refractivity contribution >= 4 is 0 Å². The third-order valence-electron chi connectivity index (χ3n) is 5.17. The first-order valence-corrected chi connectivity index (χ1v) is 7.58. The lowest BCUT2D eigenvalue weighted by Crippen LogP contribution is -2.42. The predicted molar refractivity (Wildman–Crippen MR) is 74.1 cm³/mol. The van der Waals surface area contributed by atoms with Gasteiger partial charge in [-0.25, -0.2) is 0 Å². The molecule has 0 atom stereocenters. The van der Waals surface area contributed by atoms with Gasteiger partial charge in [-0.1, -0.05) is 19.8 Å². The van der Waals surface area contributed by atoms with Crippen LogP contribution < -0.4 is 5.73 Å². The Bertz CT molecular complexity index is 225. The fourth-order valence-corrected chi connectivity index (χ4v) is 3.59. The van der Waals surface area contributed by atoms with Gasteiger partial charge in [-0.2, -0.15) is 0 Å². The van der Waals surface area contributed by atoms with E-state index in [-0.39, 0.29) is 5.54 Å². The SMILES string of the molecule is CC1CCC(N(C)CCC2(N)CCCC2)CC1. The maximum atomic E-state index is 6.43. The van der Waals surface area contributed by atoms with E-state index in [2.05, 4.69) is 18.9 Å². The summed E-state index contributed by atoms with van der Waals surface area (Å²) in [5.74, 6) is 0.954. The predicted octanol–water partition coefficient (Wildman–Crippen LogP) is 3.16. The standard InChI is InChI=1S/C15H30N2/c1-13-5-7-14(8-6-13)17(2)12-11-15(16)9-3-4-10-15/h13-14H,3-12,16H2,1-2H3. The van der Waals surface area contributed by atoms with Crippen LogP contribution in [0, 0.1) is 5.92 Å². The summed E-state index contributed by atoms with van der Waals surface area (Å²) in [4.78, 5) is 2.58. The van der Waals surface area contributed by atoms with Crippen molar-refractivity contribution in [3.8, 4) is 0 Å². The second-order valence-corrected chi connectivity index (χ2v) is 6.71. The molecule has 0 aromatic rings. The first-order valence-electron chi connectivity index (χ1n) is 7.58. The van der Waals surface area contributed by atoms with Crippen molar-refractivity contribution in [1.82, 2.24) is 4.90 Å². The molecule has 0 spiro atoms. The smallest absolute Gasteiger partial charge is 0.0166 e. The summed E-state index contributed by atoms with van der Waals surface area (Å²) in [6, 6.07) is 0.830. The highest BCUT2D eigenvalue weighted by molar-refractivity contribution is 4.90. The van der Waals surface area contributed by atoms with Crippen LogP contribution in [0.1, 0.15) is 64.7 Å². The third kappa shape index (κ3) is 3.69. The van der Waals surface area contributed by atoms with Gasteiger partial charge >= 0.3 is 0 Å². The minimum Gasteiger partial charge on any atom is -0.325 e. The largest absolute Gasteiger partial charge is 0.325 e. The van der Waals surface area contributed by atoms with Gasteiger partial charge in [0.15, 0.2) is 0 Å². The molecule has 0 bridgehead atoms. The molecule has 0 radical (unpaired) electrons. The molecule has 2 heteroatoms. The average Bonchev–Trinajstić information content (AvgIpc) is 2.75. The molecule has 0 amide bonds. The summed E-state index contributed by atoms with van der Waals surface area (Å²) < 4.78 is 0. The molecular weight excluding hydrogens is 208 g/mol. The number of rotatable bonds is 4. The first kappa shape index (κ1) is 13.4. The van der Waals surface area contributed by atoms with Crippen LogP contribution in [0.15, 0.2) is 0 Å². The Hall–Kier alpha value is -0.0800. The van der Waals surface area contributed by atoms with Gasteiger partial charge in [0, 0.05) is 11.6 Å². The normalized spacial score (nSPS) is 33.2. The summed E-state index contributed by atoms with van der Waals surface area (Å²) in [7, 11) is 2.30. The monoisotopic (exact) mass is 238 g/mol. The first-order chi connectivity index (χ1) is 8.09. The van der Waals surface area contributed by atoms with Crippen LogP contribution in [0.3, 0.4) is 0 Å². The van der Waals surface area contributed by atoms with Crippen molar-refractivity contribution in [2.24, 2.45) is 11.7 Å². The lowest BCUT2D eigenvalue weighted by atomic mass is 9.86.